The van der Waals surface area contributed by atoms with Crippen LogP contribution in [0.15, 0.2) is 12.2 Å². The highest BCUT2D eigenvalue weighted by molar-refractivity contribution is 5.66. The van der Waals surface area contributed by atoms with Gasteiger partial charge in [0.2, 0.25) is 0 Å². The van der Waals surface area contributed by atoms with Gasteiger partial charge in [0.15, 0.2) is 0 Å². The van der Waals surface area contributed by atoms with Crippen molar-refractivity contribution in [3.8, 4) is 0 Å². The Morgan fingerprint density at radius 2 is 1.81 bits per heavy atom. The molecule has 0 aliphatic heterocycles. The van der Waals surface area contributed by atoms with Crippen LogP contribution in [-0.2, 0) is 9.53 Å². The summed E-state index contributed by atoms with van der Waals surface area (Å²) >= 11 is 0. The highest BCUT2D eigenvalue weighted by atomic mass is 16.5. The molecule has 1 spiro atoms. The molecule has 9 atom stereocenters. The van der Waals surface area contributed by atoms with Crippen molar-refractivity contribution in [2.75, 3.05) is 6.61 Å². The first-order valence-corrected chi connectivity index (χ1v) is 10.4. The van der Waals surface area contributed by atoms with E-state index in [2.05, 4.69) is 26.0 Å². The lowest BCUT2D eigenvalue weighted by molar-refractivity contribution is -0.255. The zero-order valence-corrected chi connectivity index (χ0v) is 16.9. The Morgan fingerprint density at radius 1 is 1.11 bits per heavy atom. The van der Waals surface area contributed by atoms with Crippen molar-refractivity contribution >= 4 is 5.97 Å². The van der Waals surface area contributed by atoms with Gasteiger partial charge in [0.05, 0.1) is 24.2 Å². The first-order valence-electron chi connectivity index (χ1n) is 10.4. The summed E-state index contributed by atoms with van der Waals surface area (Å²) in [6.07, 6.45) is 6.68. The van der Waals surface area contributed by atoms with Crippen molar-refractivity contribution in [2.24, 2.45) is 33.5 Å². The average molecular weight is 379 g/mol. The fraction of sp³-hybridized carbons (Fsp3) is 0.864. The van der Waals surface area contributed by atoms with Gasteiger partial charge >= 0.3 is 5.97 Å². The number of rotatable bonds is 2. The molecule has 0 heterocycles. The summed E-state index contributed by atoms with van der Waals surface area (Å²) in [4.78, 5) is 12.0. The van der Waals surface area contributed by atoms with E-state index in [1.54, 1.807) is 0 Å². The van der Waals surface area contributed by atoms with Crippen LogP contribution in [0.3, 0.4) is 0 Å². The number of ether oxygens (including phenoxy) is 1. The molecule has 4 aliphatic carbocycles. The molecule has 3 fully saturated rings. The summed E-state index contributed by atoms with van der Waals surface area (Å²) in [5, 5.41) is 32.4. The van der Waals surface area contributed by atoms with Crippen LogP contribution in [0.25, 0.3) is 0 Å². The summed E-state index contributed by atoms with van der Waals surface area (Å²) in [5.74, 6) is -0.142. The van der Waals surface area contributed by atoms with Gasteiger partial charge in [0, 0.05) is 17.8 Å². The third-order valence-electron chi connectivity index (χ3n) is 9.19. The number of esters is 1. The van der Waals surface area contributed by atoms with Crippen LogP contribution in [0.2, 0.25) is 0 Å². The first-order chi connectivity index (χ1) is 12.5. The molecule has 5 heteroatoms. The minimum Gasteiger partial charge on any atom is -0.462 e. The zero-order valence-electron chi connectivity index (χ0n) is 16.9. The smallest absolute Gasteiger partial charge is 0.302 e. The van der Waals surface area contributed by atoms with Crippen LogP contribution < -0.4 is 0 Å². The lowest BCUT2D eigenvalue weighted by Gasteiger charge is -2.67. The number of aliphatic hydroxyl groups is 3. The van der Waals surface area contributed by atoms with Crippen molar-refractivity contribution in [1.82, 2.24) is 0 Å². The second kappa shape index (κ2) is 5.80. The number of carbonyl (C=O) groups is 1. The average Bonchev–Trinajstić information content (AvgIpc) is 2.77. The van der Waals surface area contributed by atoms with E-state index in [9.17, 15) is 20.1 Å². The highest BCUT2D eigenvalue weighted by Gasteiger charge is 2.72. The SMILES string of the molecule is CC(=O)O[C@H]1C[C@@H]2[C@@](C)(CO)[C@H](O)CC[C@@]2(C)[C@@H]2CC[C@]3(C)C=C[C@]12[C@H]3O. The molecule has 0 unspecified atom stereocenters. The summed E-state index contributed by atoms with van der Waals surface area (Å²) in [6, 6.07) is 0. The summed E-state index contributed by atoms with van der Waals surface area (Å²) < 4.78 is 5.85. The largest absolute Gasteiger partial charge is 0.462 e. The van der Waals surface area contributed by atoms with Gasteiger partial charge in [-0.05, 0) is 49.4 Å². The third kappa shape index (κ3) is 2.25. The number of carbonyl (C=O) groups excluding carboxylic acids is 1. The van der Waals surface area contributed by atoms with E-state index in [-0.39, 0.29) is 35.2 Å². The van der Waals surface area contributed by atoms with Gasteiger partial charge in [0.25, 0.3) is 0 Å². The van der Waals surface area contributed by atoms with Crippen molar-refractivity contribution in [2.45, 2.75) is 78.1 Å². The van der Waals surface area contributed by atoms with Crippen molar-refractivity contribution in [3.05, 3.63) is 12.2 Å². The van der Waals surface area contributed by atoms with Gasteiger partial charge in [-0.2, -0.15) is 0 Å². The van der Waals surface area contributed by atoms with Crippen LogP contribution >= 0.6 is 0 Å². The molecule has 4 aliphatic rings. The summed E-state index contributed by atoms with van der Waals surface area (Å²) in [5.41, 5.74) is -1.58. The Bertz CT molecular complexity index is 676. The van der Waals surface area contributed by atoms with E-state index in [1.807, 2.05) is 6.92 Å². The standard InChI is InChI=1S/C22H34O5/c1-13(24)27-17-11-15-20(3,8-6-16(25)21(15,4)12-23)14-5-7-19(2)9-10-22(14,17)18(19)26/h9-10,14-18,23,25-26H,5-8,11-12H2,1-4H3/t14-,15-,16+,17-,18-,19+,20-,21+,22+/m0/s1. The van der Waals surface area contributed by atoms with E-state index >= 15 is 0 Å². The van der Waals surface area contributed by atoms with E-state index in [0.717, 1.165) is 19.3 Å². The van der Waals surface area contributed by atoms with Crippen molar-refractivity contribution in [3.63, 3.8) is 0 Å². The van der Waals surface area contributed by atoms with E-state index in [1.165, 1.54) is 6.92 Å². The van der Waals surface area contributed by atoms with Crippen LogP contribution in [0.5, 0.6) is 0 Å². The lowest BCUT2D eigenvalue weighted by Crippen LogP contribution is -2.69. The lowest BCUT2D eigenvalue weighted by atomic mass is 9.38. The molecular formula is C22H34O5. The molecule has 27 heavy (non-hydrogen) atoms. The molecule has 2 bridgehead atoms. The van der Waals surface area contributed by atoms with Gasteiger partial charge in [0.1, 0.15) is 6.10 Å². The van der Waals surface area contributed by atoms with Gasteiger partial charge in [-0.3, -0.25) is 4.79 Å². The molecule has 0 radical (unpaired) electrons. The predicted molar refractivity (Wildman–Crippen MR) is 101 cm³/mol. The topological polar surface area (TPSA) is 87.0 Å². The number of hydrogen-bond acceptors (Lipinski definition) is 5. The number of aliphatic hydroxyl groups excluding tert-OH is 3. The van der Waals surface area contributed by atoms with Crippen LogP contribution in [0.4, 0.5) is 0 Å². The highest BCUT2D eigenvalue weighted by Crippen LogP contribution is 2.72. The second-order valence-corrected chi connectivity index (χ2v) is 10.4. The molecule has 4 rings (SSSR count). The van der Waals surface area contributed by atoms with Crippen LogP contribution in [0, 0.1) is 33.5 Å². The zero-order chi connectivity index (χ0) is 19.8. The van der Waals surface area contributed by atoms with Gasteiger partial charge in [-0.1, -0.05) is 32.9 Å². The molecule has 3 saturated carbocycles. The van der Waals surface area contributed by atoms with Gasteiger partial charge < -0.3 is 20.1 Å². The van der Waals surface area contributed by atoms with Crippen LogP contribution in [-0.4, -0.2) is 46.2 Å². The van der Waals surface area contributed by atoms with E-state index < -0.39 is 29.1 Å². The summed E-state index contributed by atoms with van der Waals surface area (Å²) in [7, 11) is 0. The Kier molecular flexibility index (Phi) is 4.17. The minimum absolute atomic E-state index is 0.0317. The normalized spacial score (nSPS) is 56.3. The predicted octanol–water partition coefficient (Wildman–Crippen LogP) is 2.43. The van der Waals surface area contributed by atoms with E-state index in [0.29, 0.717) is 12.8 Å². The number of hydrogen-bond donors (Lipinski definition) is 3. The Balaban J connectivity index is 1.85. The maximum Gasteiger partial charge on any atom is 0.302 e. The fourth-order valence-electron chi connectivity index (χ4n) is 7.61. The van der Waals surface area contributed by atoms with Gasteiger partial charge in [-0.25, -0.2) is 0 Å². The molecular weight excluding hydrogens is 344 g/mol. The minimum atomic E-state index is -0.624. The molecule has 0 aromatic carbocycles. The van der Waals surface area contributed by atoms with Gasteiger partial charge in [-0.15, -0.1) is 0 Å². The van der Waals surface area contributed by atoms with Crippen LogP contribution in [0.1, 0.15) is 59.8 Å². The third-order valence-corrected chi connectivity index (χ3v) is 9.19. The second-order valence-electron chi connectivity index (χ2n) is 10.4. The maximum atomic E-state index is 12.0. The number of fused-ring (bicyclic) bond motifs is 3. The van der Waals surface area contributed by atoms with Crippen molar-refractivity contribution < 1.29 is 24.9 Å². The fourth-order valence-corrected chi connectivity index (χ4v) is 7.61. The molecule has 3 N–H and O–H groups in total. The quantitative estimate of drug-likeness (QED) is 0.507. The Hall–Kier alpha value is -0.910. The maximum absolute atomic E-state index is 12.0. The van der Waals surface area contributed by atoms with E-state index in [4.69, 9.17) is 4.74 Å². The Labute approximate surface area is 161 Å². The molecule has 5 nitrogen and oxygen atoms in total. The Morgan fingerprint density at radius 3 is 2.44 bits per heavy atom. The monoisotopic (exact) mass is 378 g/mol. The molecule has 0 amide bonds. The first kappa shape index (κ1) is 19.4. The molecule has 0 aromatic rings. The molecule has 152 valence electrons. The summed E-state index contributed by atoms with van der Waals surface area (Å²) in [6.45, 7) is 7.68. The molecule has 0 aromatic heterocycles. The van der Waals surface area contributed by atoms with Crippen molar-refractivity contribution in [1.29, 1.82) is 0 Å². The molecule has 0 saturated heterocycles.